The Morgan fingerprint density at radius 3 is 2.14 bits per heavy atom. The van der Waals surface area contributed by atoms with Gasteiger partial charge in [0, 0.05) is 12.6 Å². The van der Waals surface area contributed by atoms with Gasteiger partial charge in [0.25, 0.3) is 5.91 Å². The predicted molar refractivity (Wildman–Crippen MR) is 54.7 cm³/mol. The summed E-state index contributed by atoms with van der Waals surface area (Å²) in [6.07, 6.45) is 0. The first-order valence-corrected chi connectivity index (χ1v) is 4.33. The van der Waals surface area contributed by atoms with Crippen LogP contribution >= 0.6 is 0 Å². The van der Waals surface area contributed by atoms with Gasteiger partial charge < -0.3 is 5.32 Å². The maximum atomic E-state index is 11.3. The van der Waals surface area contributed by atoms with Crippen LogP contribution in [0.4, 0.5) is 5.69 Å². The number of hydrogen-bond donors (Lipinski definition) is 3. The van der Waals surface area contributed by atoms with Gasteiger partial charge in [0.05, 0.1) is 5.69 Å². The Morgan fingerprint density at radius 1 is 1.29 bits per heavy atom. The standard InChI is InChI=1S/C10H14N2O2/c1-6-4-8(10(13)11-3)5-7(2)9(6)12-14/h4-5,12,14H,1-3H3,(H,11,13). The van der Waals surface area contributed by atoms with Gasteiger partial charge >= 0.3 is 0 Å². The Balaban J connectivity index is 3.20. The first-order valence-electron chi connectivity index (χ1n) is 4.33. The van der Waals surface area contributed by atoms with Crippen molar-refractivity contribution in [2.45, 2.75) is 13.8 Å². The van der Waals surface area contributed by atoms with E-state index >= 15 is 0 Å². The molecule has 1 rings (SSSR count). The Kier molecular flexibility index (Phi) is 3.09. The summed E-state index contributed by atoms with van der Waals surface area (Å²) in [7, 11) is 1.59. The molecule has 1 amide bonds. The minimum absolute atomic E-state index is 0.124. The molecular formula is C10H14N2O2. The molecule has 0 aliphatic heterocycles. The maximum Gasteiger partial charge on any atom is 0.251 e. The second-order valence-electron chi connectivity index (χ2n) is 3.18. The summed E-state index contributed by atoms with van der Waals surface area (Å²) in [6.45, 7) is 3.66. The Bertz CT molecular complexity index is 338. The van der Waals surface area contributed by atoms with E-state index in [1.807, 2.05) is 13.8 Å². The number of rotatable bonds is 2. The molecule has 14 heavy (non-hydrogen) atoms. The normalized spacial score (nSPS) is 9.71. The fraction of sp³-hybridized carbons (Fsp3) is 0.300. The third-order valence-corrected chi connectivity index (χ3v) is 2.13. The van der Waals surface area contributed by atoms with Gasteiger partial charge in [-0.25, -0.2) is 0 Å². The van der Waals surface area contributed by atoms with Crippen molar-refractivity contribution in [3.05, 3.63) is 28.8 Å². The maximum absolute atomic E-state index is 11.3. The van der Waals surface area contributed by atoms with Crippen LogP contribution in [0.5, 0.6) is 0 Å². The molecule has 0 fully saturated rings. The molecule has 0 bridgehead atoms. The molecule has 1 aromatic carbocycles. The van der Waals surface area contributed by atoms with Crippen molar-refractivity contribution in [2.75, 3.05) is 12.5 Å². The van der Waals surface area contributed by atoms with E-state index in [0.717, 1.165) is 11.1 Å². The van der Waals surface area contributed by atoms with Crippen LogP contribution in [0.15, 0.2) is 12.1 Å². The average Bonchev–Trinajstić information content (AvgIpc) is 2.16. The highest BCUT2D eigenvalue weighted by Gasteiger charge is 2.08. The van der Waals surface area contributed by atoms with Crippen molar-refractivity contribution in [3.63, 3.8) is 0 Å². The van der Waals surface area contributed by atoms with Gasteiger partial charge in [-0.3, -0.25) is 15.5 Å². The van der Waals surface area contributed by atoms with Gasteiger partial charge in [0.1, 0.15) is 0 Å². The molecule has 0 saturated heterocycles. The van der Waals surface area contributed by atoms with Crippen molar-refractivity contribution in [3.8, 4) is 0 Å². The van der Waals surface area contributed by atoms with E-state index in [0.29, 0.717) is 11.3 Å². The molecule has 0 aromatic heterocycles. The zero-order valence-electron chi connectivity index (χ0n) is 8.51. The summed E-state index contributed by atoms with van der Waals surface area (Å²) in [4.78, 5) is 11.3. The average molecular weight is 194 g/mol. The first kappa shape index (κ1) is 10.5. The highest BCUT2D eigenvalue weighted by molar-refractivity contribution is 5.95. The van der Waals surface area contributed by atoms with Crippen molar-refractivity contribution < 1.29 is 10.0 Å². The second kappa shape index (κ2) is 4.11. The van der Waals surface area contributed by atoms with Crippen LogP contribution in [-0.4, -0.2) is 18.2 Å². The molecule has 0 unspecified atom stereocenters. The van der Waals surface area contributed by atoms with E-state index in [1.165, 1.54) is 0 Å². The zero-order valence-corrected chi connectivity index (χ0v) is 8.51. The fourth-order valence-corrected chi connectivity index (χ4v) is 1.42. The van der Waals surface area contributed by atoms with Crippen molar-refractivity contribution in [1.29, 1.82) is 0 Å². The lowest BCUT2D eigenvalue weighted by Crippen LogP contribution is -2.18. The van der Waals surface area contributed by atoms with Gasteiger partial charge in [-0.15, -0.1) is 0 Å². The lowest BCUT2D eigenvalue weighted by Gasteiger charge is -2.10. The van der Waals surface area contributed by atoms with Gasteiger partial charge in [-0.05, 0) is 37.1 Å². The second-order valence-corrected chi connectivity index (χ2v) is 3.18. The summed E-state index contributed by atoms with van der Waals surface area (Å²) in [5, 5.41) is 11.4. The summed E-state index contributed by atoms with van der Waals surface area (Å²) >= 11 is 0. The molecule has 76 valence electrons. The van der Waals surface area contributed by atoms with Gasteiger partial charge in [-0.2, -0.15) is 0 Å². The van der Waals surface area contributed by atoms with Crippen molar-refractivity contribution >= 4 is 11.6 Å². The van der Waals surface area contributed by atoms with E-state index in [2.05, 4.69) is 10.8 Å². The van der Waals surface area contributed by atoms with Gasteiger partial charge in [-0.1, -0.05) is 0 Å². The van der Waals surface area contributed by atoms with Crippen molar-refractivity contribution in [1.82, 2.24) is 5.32 Å². The molecule has 0 saturated carbocycles. The number of aryl methyl sites for hydroxylation is 2. The number of hydrogen-bond acceptors (Lipinski definition) is 3. The van der Waals surface area contributed by atoms with E-state index < -0.39 is 0 Å². The molecule has 1 aromatic rings. The lowest BCUT2D eigenvalue weighted by atomic mass is 10.0. The fourth-order valence-electron chi connectivity index (χ4n) is 1.42. The van der Waals surface area contributed by atoms with Crippen molar-refractivity contribution in [2.24, 2.45) is 0 Å². The van der Waals surface area contributed by atoms with Crippen LogP contribution in [0.1, 0.15) is 21.5 Å². The largest absolute Gasteiger partial charge is 0.355 e. The van der Waals surface area contributed by atoms with Gasteiger partial charge in [0.2, 0.25) is 0 Å². The highest BCUT2D eigenvalue weighted by atomic mass is 16.5. The minimum Gasteiger partial charge on any atom is -0.355 e. The van der Waals surface area contributed by atoms with Gasteiger partial charge in [0.15, 0.2) is 0 Å². The lowest BCUT2D eigenvalue weighted by molar-refractivity contribution is 0.0963. The third-order valence-electron chi connectivity index (χ3n) is 2.13. The molecule has 4 heteroatoms. The number of anilines is 1. The first-order chi connectivity index (χ1) is 6.60. The van der Waals surface area contributed by atoms with Crippen LogP contribution < -0.4 is 10.8 Å². The van der Waals surface area contributed by atoms with E-state index in [1.54, 1.807) is 19.2 Å². The molecule has 0 spiro atoms. The van der Waals surface area contributed by atoms with E-state index in [9.17, 15) is 4.79 Å². The van der Waals surface area contributed by atoms with Crippen LogP contribution in [0.25, 0.3) is 0 Å². The molecule has 4 nitrogen and oxygen atoms in total. The van der Waals surface area contributed by atoms with Crippen LogP contribution in [-0.2, 0) is 0 Å². The zero-order chi connectivity index (χ0) is 10.7. The highest BCUT2D eigenvalue weighted by Crippen LogP contribution is 2.21. The molecule has 0 aliphatic carbocycles. The number of nitrogens with one attached hydrogen (secondary N) is 2. The Hall–Kier alpha value is -1.55. The number of amides is 1. The molecule has 0 aliphatic rings. The molecular weight excluding hydrogens is 180 g/mol. The predicted octanol–water partition coefficient (Wildman–Crippen LogP) is 1.46. The summed E-state index contributed by atoms with van der Waals surface area (Å²) in [5.74, 6) is -0.124. The smallest absolute Gasteiger partial charge is 0.251 e. The SMILES string of the molecule is CNC(=O)c1cc(C)c(NO)c(C)c1. The topological polar surface area (TPSA) is 61.4 Å². The summed E-state index contributed by atoms with van der Waals surface area (Å²) in [6, 6.07) is 3.45. The van der Waals surface area contributed by atoms with Crippen LogP contribution in [0.2, 0.25) is 0 Å². The number of benzene rings is 1. The summed E-state index contributed by atoms with van der Waals surface area (Å²) < 4.78 is 0. The third kappa shape index (κ3) is 1.85. The number of carbonyl (C=O) groups excluding carboxylic acids is 1. The molecule has 3 N–H and O–H groups in total. The Morgan fingerprint density at radius 2 is 1.79 bits per heavy atom. The van der Waals surface area contributed by atoms with E-state index in [4.69, 9.17) is 5.21 Å². The molecule has 0 heterocycles. The molecule has 0 radical (unpaired) electrons. The number of carbonyl (C=O) groups is 1. The Labute approximate surface area is 82.9 Å². The summed E-state index contributed by atoms with van der Waals surface area (Å²) in [5.41, 5.74) is 5.04. The minimum atomic E-state index is -0.124. The van der Waals surface area contributed by atoms with Crippen LogP contribution in [0, 0.1) is 13.8 Å². The van der Waals surface area contributed by atoms with E-state index in [-0.39, 0.29) is 5.91 Å². The van der Waals surface area contributed by atoms with Crippen LogP contribution in [0.3, 0.4) is 0 Å². The quantitative estimate of drug-likeness (QED) is 0.625. The monoisotopic (exact) mass is 194 g/mol. The molecule has 0 atom stereocenters.